The minimum absolute atomic E-state index is 0.519. The Bertz CT molecular complexity index is 533. The van der Waals surface area contributed by atoms with Crippen LogP contribution in [0.5, 0.6) is 0 Å². The molecule has 0 aliphatic rings. The van der Waals surface area contributed by atoms with Crippen molar-refractivity contribution in [3.05, 3.63) is 36.0 Å². The van der Waals surface area contributed by atoms with Gasteiger partial charge in [-0.1, -0.05) is 11.2 Å². The first-order valence-corrected chi connectivity index (χ1v) is 6.54. The lowest BCUT2D eigenvalue weighted by Crippen LogP contribution is -2.30. The molecule has 0 bridgehead atoms. The maximum atomic E-state index is 5.89. The van der Waals surface area contributed by atoms with Crippen molar-refractivity contribution in [1.29, 1.82) is 0 Å². The lowest BCUT2D eigenvalue weighted by Gasteiger charge is -2.11. The number of thioether (sulfide) groups is 1. The van der Waals surface area contributed by atoms with Crippen molar-refractivity contribution in [2.75, 3.05) is 5.73 Å². The van der Waals surface area contributed by atoms with E-state index in [4.69, 9.17) is 16.0 Å². The molecule has 5 nitrogen and oxygen atoms in total. The normalized spacial score (nSPS) is 11.7. The first kappa shape index (κ1) is 12.9. The number of benzene rings is 1. The van der Waals surface area contributed by atoms with E-state index in [1.165, 1.54) is 0 Å². The summed E-state index contributed by atoms with van der Waals surface area (Å²) in [5, 5.41) is 3.87. The lowest BCUT2D eigenvalue weighted by atomic mass is 10.1. The van der Waals surface area contributed by atoms with E-state index in [-0.39, 0.29) is 0 Å². The Morgan fingerprint density at radius 1 is 1.39 bits per heavy atom. The van der Waals surface area contributed by atoms with Crippen LogP contribution in [-0.2, 0) is 11.3 Å². The van der Waals surface area contributed by atoms with E-state index in [0.717, 1.165) is 10.6 Å². The summed E-state index contributed by atoms with van der Waals surface area (Å²) in [4.78, 5) is 5.34. The average Bonchev–Trinajstić information content (AvgIpc) is 2.74. The molecule has 0 radical (unpaired) electrons. The number of nitrogens with zero attached hydrogens (tertiary/aromatic N) is 2. The molecule has 0 spiro atoms. The maximum Gasteiger partial charge on any atom is 0.237 e. The fourth-order valence-corrected chi connectivity index (χ4v) is 2.13. The molecule has 0 saturated carbocycles. The monoisotopic (exact) mass is 264 g/mol. The zero-order valence-corrected chi connectivity index (χ0v) is 11.2. The van der Waals surface area contributed by atoms with Crippen LogP contribution in [0.3, 0.4) is 0 Å². The molecule has 1 heterocycles. The number of nitrogen functional groups attached to an aromatic ring is 1. The number of hydrogen-bond donors (Lipinski definition) is 2. The second kappa shape index (κ2) is 4.99. The lowest BCUT2D eigenvalue weighted by molar-refractivity contribution is 0.370. The van der Waals surface area contributed by atoms with Crippen molar-refractivity contribution in [3.63, 3.8) is 0 Å². The molecule has 0 atom stereocenters. The third kappa shape index (κ3) is 3.24. The summed E-state index contributed by atoms with van der Waals surface area (Å²) >= 11 is 1.59. The Morgan fingerprint density at radius 3 is 2.78 bits per heavy atom. The Hall–Kier alpha value is -1.53. The molecule has 0 saturated heterocycles. The van der Waals surface area contributed by atoms with Crippen molar-refractivity contribution >= 4 is 17.4 Å². The predicted molar refractivity (Wildman–Crippen MR) is 71.9 cm³/mol. The van der Waals surface area contributed by atoms with Crippen LogP contribution >= 0.6 is 11.8 Å². The van der Waals surface area contributed by atoms with Gasteiger partial charge in [-0.05, 0) is 32.0 Å². The van der Waals surface area contributed by atoms with Gasteiger partial charge in [0.2, 0.25) is 5.89 Å². The number of nitrogens with two attached hydrogens (primary N) is 2. The number of rotatable bonds is 4. The molecule has 96 valence electrons. The highest BCUT2D eigenvalue weighted by atomic mass is 32.2. The number of hydrogen-bond acceptors (Lipinski definition) is 6. The third-order valence-corrected chi connectivity index (χ3v) is 3.24. The highest BCUT2D eigenvalue weighted by molar-refractivity contribution is 7.98. The van der Waals surface area contributed by atoms with Crippen molar-refractivity contribution in [1.82, 2.24) is 10.1 Å². The van der Waals surface area contributed by atoms with Crippen LogP contribution in [0.1, 0.15) is 25.6 Å². The molecule has 4 N–H and O–H groups in total. The van der Waals surface area contributed by atoms with E-state index in [2.05, 4.69) is 10.1 Å². The summed E-state index contributed by atoms with van der Waals surface area (Å²) in [7, 11) is 0. The Kier molecular flexibility index (Phi) is 3.58. The topological polar surface area (TPSA) is 91.0 Å². The fraction of sp³-hybridized carbons (Fsp3) is 0.333. The van der Waals surface area contributed by atoms with Gasteiger partial charge in [0, 0.05) is 10.6 Å². The van der Waals surface area contributed by atoms with E-state index in [1.54, 1.807) is 11.8 Å². The number of aromatic nitrogens is 2. The first-order chi connectivity index (χ1) is 8.45. The van der Waals surface area contributed by atoms with Crippen molar-refractivity contribution in [3.8, 4) is 0 Å². The van der Waals surface area contributed by atoms with Crippen LogP contribution in [0, 0.1) is 0 Å². The summed E-state index contributed by atoms with van der Waals surface area (Å²) in [5.74, 6) is 1.69. The highest BCUT2D eigenvalue weighted by Crippen LogP contribution is 2.24. The van der Waals surface area contributed by atoms with Gasteiger partial charge in [-0.3, -0.25) is 0 Å². The largest absolute Gasteiger partial charge is 0.399 e. The van der Waals surface area contributed by atoms with Crippen LogP contribution in [0.15, 0.2) is 33.7 Å². The summed E-state index contributed by atoms with van der Waals surface area (Å²) < 4.78 is 5.15. The predicted octanol–water partition coefficient (Wildman–Crippen LogP) is 2.14. The SMILES string of the molecule is CC(C)(N)c1noc(CSc2cccc(N)c2)n1. The van der Waals surface area contributed by atoms with Gasteiger partial charge in [-0.25, -0.2) is 0 Å². The fourth-order valence-electron chi connectivity index (χ4n) is 1.32. The smallest absolute Gasteiger partial charge is 0.237 e. The second-order valence-electron chi connectivity index (χ2n) is 4.59. The second-order valence-corrected chi connectivity index (χ2v) is 5.64. The van der Waals surface area contributed by atoms with E-state index in [0.29, 0.717) is 17.5 Å². The Balaban J connectivity index is 2.01. The molecule has 18 heavy (non-hydrogen) atoms. The zero-order valence-electron chi connectivity index (χ0n) is 10.4. The van der Waals surface area contributed by atoms with Gasteiger partial charge >= 0.3 is 0 Å². The Labute approximate surface area is 110 Å². The molecule has 1 aromatic carbocycles. The van der Waals surface area contributed by atoms with Crippen LogP contribution in [-0.4, -0.2) is 10.1 Å². The molecule has 2 rings (SSSR count). The van der Waals surface area contributed by atoms with Crippen LogP contribution in [0.4, 0.5) is 5.69 Å². The van der Waals surface area contributed by atoms with Gasteiger partial charge in [-0.2, -0.15) is 4.98 Å². The zero-order chi connectivity index (χ0) is 13.2. The first-order valence-electron chi connectivity index (χ1n) is 5.55. The molecule has 0 aliphatic heterocycles. The quantitative estimate of drug-likeness (QED) is 0.649. The summed E-state index contributed by atoms with van der Waals surface area (Å²) in [6.45, 7) is 3.68. The Morgan fingerprint density at radius 2 is 2.17 bits per heavy atom. The molecule has 2 aromatic rings. The molecule has 6 heteroatoms. The van der Waals surface area contributed by atoms with Gasteiger partial charge < -0.3 is 16.0 Å². The van der Waals surface area contributed by atoms with Gasteiger partial charge in [0.25, 0.3) is 0 Å². The van der Waals surface area contributed by atoms with Crippen molar-refractivity contribution < 1.29 is 4.52 Å². The highest BCUT2D eigenvalue weighted by Gasteiger charge is 2.21. The molecule has 0 aliphatic carbocycles. The molecular formula is C12H16N4OS. The van der Waals surface area contributed by atoms with Crippen molar-refractivity contribution in [2.45, 2.75) is 30.0 Å². The minimum Gasteiger partial charge on any atom is -0.399 e. The molecule has 0 amide bonds. The number of anilines is 1. The van der Waals surface area contributed by atoms with E-state index >= 15 is 0 Å². The van der Waals surface area contributed by atoms with Gasteiger partial charge in [0.15, 0.2) is 5.82 Å². The van der Waals surface area contributed by atoms with E-state index in [9.17, 15) is 0 Å². The van der Waals surface area contributed by atoms with Gasteiger partial charge in [0.1, 0.15) is 0 Å². The maximum absolute atomic E-state index is 5.89. The summed E-state index contributed by atoms with van der Waals surface area (Å²) in [6.07, 6.45) is 0. The third-order valence-electron chi connectivity index (χ3n) is 2.26. The standard InChI is InChI=1S/C12H16N4OS/c1-12(2,14)11-15-10(17-16-11)7-18-9-5-3-4-8(13)6-9/h3-6H,7,13-14H2,1-2H3. The van der Waals surface area contributed by atoms with Crippen molar-refractivity contribution in [2.24, 2.45) is 5.73 Å². The van der Waals surface area contributed by atoms with E-state index < -0.39 is 5.54 Å². The van der Waals surface area contributed by atoms with Crippen LogP contribution in [0.25, 0.3) is 0 Å². The summed E-state index contributed by atoms with van der Waals surface area (Å²) in [5.41, 5.74) is 11.8. The molecular weight excluding hydrogens is 248 g/mol. The van der Waals surface area contributed by atoms with Crippen LogP contribution in [0.2, 0.25) is 0 Å². The van der Waals surface area contributed by atoms with Gasteiger partial charge in [-0.15, -0.1) is 11.8 Å². The van der Waals surface area contributed by atoms with Crippen LogP contribution < -0.4 is 11.5 Å². The molecule has 1 aromatic heterocycles. The van der Waals surface area contributed by atoms with E-state index in [1.807, 2.05) is 38.1 Å². The van der Waals surface area contributed by atoms with Gasteiger partial charge in [0.05, 0.1) is 11.3 Å². The average molecular weight is 264 g/mol. The summed E-state index contributed by atoms with van der Waals surface area (Å²) in [6, 6.07) is 7.67. The molecule has 0 fully saturated rings. The minimum atomic E-state index is -0.580. The molecule has 0 unspecified atom stereocenters.